The summed E-state index contributed by atoms with van der Waals surface area (Å²) in [5, 5.41) is 9.84. The van der Waals surface area contributed by atoms with Gasteiger partial charge in [-0.25, -0.2) is 4.98 Å². The average molecular weight is 509 g/mol. The highest BCUT2D eigenvalue weighted by Crippen LogP contribution is 2.27. The zero-order valence-corrected chi connectivity index (χ0v) is 22.4. The van der Waals surface area contributed by atoms with Crippen molar-refractivity contribution in [2.75, 3.05) is 54.5 Å². The number of amides is 2. The molecule has 9 heteroatoms. The lowest BCUT2D eigenvalue weighted by Crippen LogP contribution is -2.51. The Kier molecular flexibility index (Phi) is 9.50. The Morgan fingerprint density at radius 3 is 2.54 bits per heavy atom. The van der Waals surface area contributed by atoms with E-state index < -0.39 is 12.1 Å². The zero-order valence-electron chi connectivity index (χ0n) is 22.4. The summed E-state index contributed by atoms with van der Waals surface area (Å²) in [6.07, 6.45) is 1.17. The molecule has 0 radical (unpaired) electrons. The molecule has 3 atom stereocenters. The number of methoxy groups -OCH3 is 1. The average Bonchev–Trinajstić information content (AvgIpc) is 2.88. The molecule has 0 bridgehead atoms. The van der Waals surface area contributed by atoms with Gasteiger partial charge in [-0.05, 0) is 51.4 Å². The van der Waals surface area contributed by atoms with Gasteiger partial charge in [0.1, 0.15) is 17.4 Å². The van der Waals surface area contributed by atoms with E-state index in [4.69, 9.17) is 9.47 Å². The molecule has 9 nitrogen and oxygen atoms in total. The van der Waals surface area contributed by atoms with Crippen molar-refractivity contribution in [2.24, 2.45) is 5.92 Å². The number of likely N-dealkylation sites (N-methyl/N-ethyl adjacent to an activating group) is 2. The van der Waals surface area contributed by atoms with Gasteiger partial charge in [-0.15, -0.1) is 0 Å². The summed E-state index contributed by atoms with van der Waals surface area (Å²) in [4.78, 5) is 35.7. The van der Waals surface area contributed by atoms with Crippen LogP contribution in [0.4, 0.5) is 0 Å². The van der Waals surface area contributed by atoms with Crippen molar-refractivity contribution in [1.29, 1.82) is 0 Å². The molecule has 1 aliphatic rings. The molecule has 0 fully saturated rings. The molecule has 0 aliphatic carbocycles. The standard InChI is InChI=1S/C28H36N4O5/c1-19-15-32(20(2)18-33)28(35)24-13-22(8-7-21-9-11-23(36-6)12-10-21)14-29-27(24)37-25(19)16-31(5)26(34)17-30(3)4/h9-14,19-20,25,33H,15-18H2,1-6H3/t19-,20+,25-/m1/s1. The number of hydrogen-bond donors (Lipinski definition) is 1. The maximum absolute atomic E-state index is 13.6. The third-order valence-electron chi connectivity index (χ3n) is 6.29. The smallest absolute Gasteiger partial charge is 0.259 e. The van der Waals surface area contributed by atoms with Crippen molar-refractivity contribution in [3.8, 4) is 23.5 Å². The Morgan fingerprint density at radius 2 is 1.92 bits per heavy atom. The predicted molar refractivity (Wildman–Crippen MR) is 141 cm³/mol. The van der Waals surface area contributed by atoms with Crippen LogP contribution in [0.3, 0.4) is 0 Å². The van der Waals surface area contributed by atoms with Crippen molar-refractivity contribution in [3.63, 3.8) is 0 Å². The minimum Gasteiger partial charge on any atom is -0.497 e. The molecule has 198 valence electrons. The largest absolute Gasteiger partial charge is 0.497 e. The summed E-state index contributed by atoms with van der Waals surface area (Å²) >= 11 is 0. The SMILES string of the molecule is COc1ccc(C#Cc2cnc3c(c2)C(=O)N([C@@H](C)CO)C[C@@H](C)[C@@H](CN(C)C(=O)CN(C)C)O3)cc1. The summed E-state index contributed by atoms with van der Waals surface area (Å²) < 4.78 is 11.4. The van der Waals surface area contributed by atoms with E-state index in [9.17, 15) is 14.7 Å². The first kappa shape index (κ1) is 28.0. The highest BCUT2D eigenvalue weighted by Gasteiger charge is 2.34. The van der Waals surface area contributed by atoms with Crippen molar-refractivity contribution in [1.82, 2.24) is 19.7 Å². The summed E-state index contributed by atoms with van der Waals surface area (Å²) in [7, 11) is 7.03. The van der Waals surface area contributed by atoms with Crippen molar-refractivity contribution in [2.45, 2.75) is 26.0 Å². The Labute approximate surface area is 219 Å². The Hall–Kier alpha value is -3.61. The van der Waals surface area contributed by atoms with Crippen LogP contribution in [-0.4, -0.2) is 103 Å². The fraction of sp³-hybridized carbons (Fsp3) is 0.464. The summed E-state index contributed by atoms with van der Waals surface area (Å²) in [6, 6.07) is 8.64. The Balaban J connectivity index is 1.94. The normalized spacial score (nSPS) is 18.1. The van der Waals surface area contributed by atoms with Crippen LogP contribution in [0.15, 0.2) is 36.5 Å². The highest BCUT2D eigenvalue weighted by atomic mass is 16.5. The number of carbonyl (C=O) groups excluding carboxylic acids is 2. The van der Waals surface area contributed by atoms with Gasteiger partial charge < -0.3 is 29.3 Å². The molecule has 37 heavy (non-hydrogen) atoms. The number of aliphatic hydroxyl groups excluding tert-OH is 1. The first-order valence-corrected chi connectivity index (χ1v) is 12.3. The van der Waals surface area contributed by atoms with E-state index in [1.54, 1.807) is 43.1 Å². The third kappa shape index (κ3) is 7.21. The predicted octanol–water partition coefficient (Wildman–Crippen LogP) is 1.73. The number of benzene rings is 1. The fourth-order valence-electron chi connectivity index (χ4n) is 3.97. The second kappa shape index (κ2) is 12.6. The topological polar surface area (TPSA) is 95.4 Å². The van der Waals surface area contributed by atoms with E-state index in [0.717, 1.165) is 11.3 Å². The van der Waals surface area contributed by atoms with Crippen LogP contribution >= 0.6 is 0 Å². The number of carbonyl (C=O) groups is 2. The highest BCUT2D eigenvalue weighted by molar-refractivity contribution is 5.97. The number of aliphatic hydroxyl groups is 1. The zero-order chi connectivity index (χ0) is 27.1. The van der Waals surface area contributed by atoms with Gasteiger partial charge in [0.2, 0.25) is 11.8 Å². The van der Waals surface area contributed by atoms with E-state index in [2.05, 4.69) is 16.8 Å². The van der Waals surface area contributed by atoms with Crippen molar-refractivity contribution in [3.05, 3.63) is 53.2 Å². The summed E-state index contributed by atoms with van der Waals surface area (Å²) in [6.45, 7) is 4.58. The third-order valence-corrected chi connectivity index (χ3v) is 6.29. The van der Waals surface area contributed by atoms with Crippen molar-refractivity contribution < 1.29 is 24.2 Å². The second-order valence-electron chi connectivity index (χ2n) is 9.69. The van der Waals surface area contributed by atoms with Gasteiger partial charge in [0.15, 0.2) is 0 Å². The second-order valence-corrected chi connectivity index (χ2v) is 9.69. The minimum absolute atomic E-state index is 0.0307. The summed E-state index contributed by atoms with van der Waals surface area (Å²) in [5.74, 6) is 6.65. The molecule has 1 aromatic carbocycles. The van der Waals surface area contributed by atoms with Crippen LogP contribution < -0.4 is 9.47 Å². The lowest BCUT2D eigenvalue weighted by Gasteiger charge is -2.37. The molecule has 2 heterocycles. The van der Waals surface area contributed by atoms with E-state index in [0.29, 0.717) is 18.7 Å². The van der Waals surface area contributed by atoms with Crippen LogP contribution in [0.1, 0.15) is 35.3 Å². The number of hydrogen-bond acceptors (Lipinski definition) is 7. The van der Waals surface area contributed by atoms with Crippen LogP contribution in [0, 0.1) is 17.8 Å². The molecule has 3 rings (SSSR count). The monoisotopic (exact) mass is 508 g/mol. The van der Waals surface area contributed by atoms with Gasteiger partial charge in [-0.2, -0.15) is 0 Å². The molecular weight excluding hydrogens is 472 g/mol. The minimum atomic E-state index is -0.403. The van der Waals surface area contributed by atoms with Crippen molar-refractivity contribution >= 4 is 11.8 Å². The molecule has 0 saturated heterocycles. The van der Waals surface area contributed by atoms with Gasteiger partial charge >= 0.3 is 0 Å². The number of aromatic nitrogens is 1. The maximum atomic E-state index is 13.6. The lowest BCUT2D eigenvalue weighted by atomic mass is 10.00. The van der Waals surface area contributed by atoms with E-state index in [-0.39, 0.29) is 42.3 Å². The molecular formula is C28H36N4O5. The van der Waals surface area contributed by atoms with Crippen LogP contribution in [0.2, 0.25) is 0 Å². The fourth-order valence-corrected chi connectivity index (χ4v) is 3.97. The van der Waals surface area contributed by atoms with Gasteiger partial charge in [0.05, 0.1) is 32.8 Å². The molecule has 0 saturated carbocycles. The number of rotatable bonds is 7. The number of ether oxygens (including phenoxy) is 2. The Bertz CT molecular complexity index is 1160. The first-order chi connectivity index (χ1) is 17.6. The van der Waals surface area contributed by atoms with Gasteiger partial charge in [0.25, 0.3) is 5.91 Å². The van der Waals surface area contributed by atoms with Gasteiger partial charge in [0, 0.05) is 36.8 Å². The quantitative estimate of drug-likeness (QED) is 0.569. The van der Waals surface area contributed by atoms with Crippen LogP contribution in [-0.2, 0) is 4.79 Å². The number of pyridine rings is 1. The summed E-state index contributed by atoms with van der Waals surface area (Å²) in [5.41, 5.74) is 1.64. The van der Waals surface area contributed by atoms with Gasteiger partial charge in [-0.1, -0.05) is 18.8 Å². The molecule has 0 unspecified atom stereocenters. The molecule has 1 aromatic heterocycles. The first-order valence-electron chi connectivity index (χ1n) is 12.3. The van der Waals surface area contributed by atoms with E-state index in [1.165, 1.54) is 0 Å². The van der Waals surface area contributed by atoms with Crippen LogP contribution in [0.25, 0.3) is 0 Å². The Morgan fingerprint density at radius 1 is 1.24 bits per heavy atom. The maximum Gasteiger partial charge on any atom is 0.259 e. The molecule has 2 aromatic rings. The van der Waals surface area contributed by atoms with E-state index >= 15 is 0 Å². The van der Waals surface area contributed by atoms with Crippen LogP contribution in [0.5, 0.6) is 11.6 Å². The molecule has 1 aliphatic heterocycles. The van der Waals surface area contributed by atoms with E-state index in [1.807, 2.05) is 50.2 Å². The molecule has 1 N–H and O–H groups in total. The number of fused-ring (bicyclic) bond motifs is 1. The number of nitrogens with zero attached hydrogens (tertiary/aromatic N) is 4. The molecule has 0 spiro atoms. The van der Waals surface area contributed by atoms with Gasteiger partial charge in [-0.3, -0.25) is 9.59 Å². The molecule has 2 amide bonds. The lowest BCUT2D eigenvalue weighted by molar-refractivity contribution is -0.132.